The maximum atomic E-state index is 11.1. The van der Waals surface area contributed by atoms with E-state index in [9.17, 15) is 14.9 Å². The molecule has 1 aliphatic heterocycles. The van der Waals surface area contributed by atoms with Crippen molar-refractivity contribution in [3.63, 3.8) is 0 Å². The fourth-order valence-electron chi connectivity index (χ4n) is 1.43. The summed E-state index contributed by atoms with van der Waals surface area (Å²) in [4.78, 5) is 25.3. The van der Waals surface area contributed by atoms with Crippen molar-refractivity contribution in [2.45, 2.75) is 19.4 Å². The van der Waals surface area contributed by atoms with Gasteiger partial charge in [0, 0.05) is 6.42 Å². The van der Waals surface area contributed by atoms with Crippen LogP contribution in [0.2, 0.25) is 0 Å². The molecule has 0 aromatic rings. The highest BCUT2D eigenvalue weighted by Crippen LogP contribution is 2.20. The van der Waals surface area contributed by atoms with Gasteiger partial charge in [-0.1, -0.05) is 0 Å². The summed E-state index contributed by atoms with van der Waals surface area (Å²) in [7, 11) is 2.65. The summed E-state index contributed by atoms with van der Waals surface area (Å²) < 4.78 is 9.72. The Labute approximate surface area is 97.5 Å². The number of hydrogen-bond donors (Lipinski definition) is 1. The quantitative estimate of drug-likeness (QED) is 0.552. The van der Waals surface area contributed by atoms with Gasteiger partial charge in [0.15, 0.2) is 6.04 Å². The number of rotatable bonds is 4. The predicted molar refractivity (Wildman–Crippen MR) is 57.7 cm³/mol. The van der Waals surface area contributed by atoms with E-state index in [1.165, 1.54) is 21.1 Å². The lowest BCUT2D eigenvalue weighted by Crippen LogP contribution is -2.37. The van der Waals surface area contributed by atoms with Crippen LogP contribution in [0.4, 0.5) is 0 Å². The minimum Gasteiger partial charge on any atom is -0.478 e. The molecule has 0 bridgehead atoms. The standard InChI is InChI=1S/C9H13N3O5/c1-5(13)4-6-7(12(14)15)8(16-2)11-9(10-6)17-3/h6H,4H2,1-3H3,(H,10,11). The average molecular weight is 243 g/mol. The van der Waals surface area contributed by atoms with E-state index >= 15 is 0 Å². The Morgan fingerprint density at radius 1 is 1.53 bits per heavy atom. The average Bonchev–Trinajstić information content (AvgIpc) is 2.26. The van der Waals surface area contributed by atoms with Crippen molar-refractivity contribution in [2.75, 3.05) is 14.2 Å². The van der Waals surface area contributed by atoms with E-state index in [-0.39, 0.29) is 29.8 Å². The zero-order chi connectivity index (χ0) is 13.0. The van der Waals surface area contributed by atoms with E-state index in [4.69, 9.17) is 9.47 Å². The second-order valence-electron chi connectivity index (χ2n) is 3.36. The lowest BCUT2D eigenvalue weighted by Gasteiger charge is -2.19. The van der Waals surface area contributed by atoms with Gasteiger partial charge >= 0.3 is 5.70 Å². The van der Waals surface area contributed by atoms with Crippen LogP contribution < -0.4 is 5.32 Å². The second kappa shape index (κ2) is 5.28. The van der Waals surface area contributed by atoms with Crippen molar-refractivity contribution in [1.82, 2.24) is 5.32 Å². The summed E-state index contributed by atoms with van der Waals surface area (Å²) in [5, 5.41) is 13.4. The molecule has 8 nitrogen and oxygen atoms in total. The third-order valence-electron chi connectivity index (χ3n) is 2.12. The molecule has 1 N–H and O–H groups in total. The number of methoxy groups -OCH3 is 2. The SMILES string of the molecule is COC1=NC(CC(C)=O)C([N+](=O)[O-])=C(OC)N1. The first-order valence-electron chi connectivity index (χ1n) is 4.80. The first-order valence-corrected chi connectivity index (χ1v) is 4.80. The van der Waals surface area contributed by atoms with Crippen LogP contribution in [0.5, 0.6) is 0 Å². The largest absolute Gasteiger partial charge is 0.478 e. The number of carbonyl (C=O) groups excluding carboxylic acids is 1. The summed E-state index contributed by atoms with van der Waals surface area (Å²) in [6, 6.07) is -0.813. The number of ether oxygens (including phenoxy) is 2. The molecule has 1 aliphatic rings. The smallest absolute Gasteiger partial charge is 0.330 e. The monoisotopic (exact) mass is 243 g/mol. The maximum Gasteiger partial charge on any atom is 0.330 e. The fourth-order valence-corrected chi connectivity index (χ4v) is 1.43. The summed E-state index contributed by atoms with van der Waals surface area (Å²) in [5.74, 6) is -0.265. The third-order valence-corrected chi connectivity index (χ3v) is 2.12. The maximum absolute atomic E-state index is 11.1. The van der Waals surface area contributed by atoms with E-state index < -0.39 is 11.0 Å². The first kappa shape index (κ1) is 12.9. The molecule has 1 rings (SSSR count). The number of Topliss-reactive ketones (excluding diaryl/α,β-unsaturated/α-hetero) is 1. The van der Waals surface area contributed by atoms with Gasteiger partial charge in [0.05, 0.1) is 19.1 Å². The van der Waals surface area contributed by atoms with Gasteiger partial charge in [-0.2, -0.15) is 0 Å². The fraction of sp³-hybridized carbons (Fsp3) is 0.556. The Kier molecular flexibility index (Phi) is 4.02. The zero-order valence-corrected chi connectivity index (χ0v) is 9.72. The minimum atomic E-state index is -0.895. The molecule has 94 valence electrons. The molecular formula is C9H13N3O5. The van der Waals surface area contributed by atoms with Crippen molar-refractivity contribution in [1.29, 1.82) is 0 Å². The van der Waals surface area contributed by atoms with Gasteiger partial charge in [-0.15, -0.1) is 0 Å². The van der Waals surface area contributed by atoms with Gasteiger partial charge in [-0.25, -0.2) is 4.99 Å². The number of nitrogens with one attached hydrogen (secondary N) is 1. The number of aliphatic imine (C=N–C) groups is 1. The molecule has 17 heavy (non-hydrogen) atoms. The second-order valence-corrected chi connectivity index (χ2v) is 3.36. The number of nitro groups is 1. The van der Waals surface area contributed by atoms with E-state index in [2.05, 4.69) is 10.3 Å². The van der Waals surface area contributed by atoms with Crippen molar-refractivity contribution in [2.24, 2.45) is 4.99 Å². The van der Waals surface area contributed by atoms with Crippen LogP contribution in [0.1, 0.15) is 13.3 Å². The van der Waals surface area contributed by atoms with Gasteiger partial charge < -0.3 is 9.47 Å². The predicted octanol–water partition coefficient (Wildman–Crippen LogP) is 0.0319. The van der Waals surface area contributed by atoms with Crippen LogP contribution >= 0.6 is 0 Å². The van der Waals surface area contributed by atoms with E-state index in [0.29, 0.717) is 0 Å². The highest BCUT2D eigenvalue weighted by atomic mass is 16.6. The Bertz CT molecular complexity index is 401. The molecule has 0 spiro atoms. The molecule has 1 unspecified atom stereocenters. The Balaban J connectivity index is 3.11. The summed E-state index contributed by atoms with van der Waals surface area (Å²) in [6.45, 7) is 1.34. The lowest BCUT2D eigenvalue weighted by molar-refractivity contribution is -0.433. The topological polar surface area (TPSA) is 103 Å². The Hall–Kier alpha value is -2.12. The van der Waals surface area contributed by atoms with Gasteiger partial charge in [0.1, 0.15) is 5.78 Å². The number of carbonyl (C=O) groups is 1. The van der Waals surface area contributed by atoms with Crippen molar-refractivity contribution in [3.8, 4) is 0 Å². The van der Waals surface area contributed by atoms with Crippen molar-refractivity contribution >= 4 is 11.8 Å². The van der Waals surface area contributed by atoms with E-state index in [0.717, 1.165) is 0 Å². The summed E-state index contributed by atoms with van der Waals surface area (Å²) >= 11 is 0. The van der Waals surface area contributed by atoms with Gasteiger partial charge in [-0.3, -0.25) is 20.2 Å². The molecule has 0 amide bonds. The molecule has 0 aliphatic carbocycles. The number of nitrogens with zero attached hydrogens (tertiary/aromatic N) is 2. The van der Waals surface area contributed by atoms with Crippen molar-refractivity contribution in [3.05, 3.63) is 21.7 Å². The summed E-state index contributed by atoms with van der Waals surface area (Å²) in [6.07, 6.45) is -0.0717. The number of amidine groups is 1. The molecular weight excluding hydrogens is 230 g/mol. The molecule has 0 fully saturated rings. The zero-order valence-electron chi connectivity index (χ0n) is 9.72. The normalized spacial score (nSPS) is 19.2. The minimum absolute atomic E-state index is 0.0619. The number of hydrogen-bond acceptors (Lipinski definition) is 7. The van der Waals surface area contributed by atoms with Gasteiger partial charge in [0.2, 0.25) is 0 Å². The summed E-state index contributed by atoms with van der Waals surface area (Å²) in [5.41, 5.74) is -0.275. The molecule has 0 radical (unpaired) electrons. The van der Waals surface area contributed by atoms with Crippen LogP contribution in [-0.2, 0) is 14.3 Å². The molecule has 0 aromatic carbocycles. The van der Waals surface area contributed by atoms with E-state index in [1.807, 2.05) is 0 Å². The van der Waals surface area contributed by atoms with Gasteiger partial charge in [0.25, 0.3) is 11.9 Å². The lowest BCUT2D eigenvalue weighted by atomic mass is 10.1. The first-order chi connectivity index (χ1) is 7.99. The molecule has 0 saturated heterocycles. The molecule has 1 heterocycles. The molecule has 0 aromatic heterocycles. The van der Waals surface area contributed by atoms with Crippen molar-refractivity contribution < 1.29 is 19.2 Å². The molecule has 0 saturated carbocycles. The van der Waals surface area contributed by atoms with Gasteiger partial charge in [-0.05, 0) is 6.92 Å². The van der Waals surface area contributed by atoms with Crippen LogP contribution in [-0.4, -0.2) is 37.0 Å². The van der Waals surface area contributed by atoms with Crippen LogP contribution in [0, 0.1) is 10.1 Å². The number of ketones is 1. The van der Waals surface area contributed by atoms with Crippen LogP contribution in [0.25, 0.3) is 0 Å². The highest BCUT2D eigenvalue weighted by molar-refractivity contribution is 5.80. The van der Waals surface area contributed by atoms with E-state index in [1.54, 1.807) is 0 Å². The Morgan fingerprint density at radius 2 is 2.18 bits per heavy atom. The molecule has 1 atom stereocenters. The Morgan fingerprint density at radius 3 is 2.59 bits per heavy atom. The highest BCUT2D eigenvalue weighted by Gasteiger charge is 2.36. The third kappa shape index (κ3) is 2.92. The van der Waals surface area contributed by atoms with Crippen LogP contribution in [0.3, 0.4) is 0 Å². The van der Waals surface area contributed by atoms with Crippen LogP contribution in [0.15, 0.2) is 16.6 Å². The molecule has 8 heteroatoms.